The Bertz CT molecular complexity index is 2830. The second-order valence-electron chi connectivity index (χ2n) is 12.4. The fourth-order valence-corrected chi connectivity index (χ4v) is 7.13. The van der Waals surface area contributed by atoms with Crippen LogP contribution in [-0.4, -0.2) is 4.98 Å². The molecule has 2 heterocycles. The normalized spacial score (nSPS) is 11.7. The van der Waals surface area contributed by atoms with Gasteiger partial charge < -0.3 is 13.7 Å². The molecule has 10 rings (SSSR count). The summed E-state index contributed by atoms with van der Waals surface area (Å²) in [7, 11) is 0. The van der Waals surface area contributed by atoms with Crippen molar-refractivity contribution in [3.63, 3.8) is 0 Å². The molecule has 0 fully saturated rings. The maximum absolute atomic E-state index is 6.43. The molecule has 49 heavy (non-hydrogen) atoms. The largest absolute Gasteiger partial charge is 0.456 e. The smallest absolute Gasteiger partial charge is 0.227 e. The minimum Gasteiger partial charge on any atom is -0.456 e. The topological polar surface area (TPSA) is 42.4 Å². The molecule has 0 aliphatic rings. The number of benzene rings is 8. The molecule has 4 nitrogen and oxygen atoms in total. The van der Waals surface area contributed by atoms with Crippen LogP contribution in [0, 0.1) is 0 Å². The molecule has 0 aliphatic heterocycles. The summed E-state index contributed by atoms with van der Waals surface area (Å²) < 4.78 is 12.7. The summed E-state index contributed by atoms with van der Waals surface area (Å²) in [5.74, 6) is 0.598. The molecule has 0 saturated carbocycles. The molecule has 230 valence electrons. The Labute approximate surface area is 282 Å². The maximum atomic E-state index is 6.43. The van der Waals surface area contributed by atoms with Gasteiger partial charge in [0.25, 0.3) is 0 Å². The summed E-state index contributed by atoms with van der Waals surface area (Å²) in [6, 6.07) is 59.5. The van der Waals surface area contributed by atoms with Crippen molar-refractivity contribution in [1.82, 2.24) is 4.98 Å². The summed E-state index contributed by atoms with van der Waals surface area (Å²) in [5, 5.41) is 6.83. The number of furan rings is 1. The van der Waals surface area contributed by atoms with Crippen LogP contribution in [0.3, 0.4) is 0 Å². The third-order valence-electron chi connectivity index (χ3n) is 9.44. The van der Waals surface area contributed by atoms with Gasteiger partial charge in [0.2, 0.25) is 5.89 Å². The SMILES string of the molecule is c1ccc(-c2cccc(N(c3ccc4oc5cc6nc(-c7ccccc7)oc6cc5c4c3)c3cc4ccccc4c4ccccc34)c2)cc1. The van der Waals surface area contributed by atoms with E-state index in [4.69, 9.17) is 13.8 Å². The van der Waals surface area contributed by atoms with E-state index < -0.39 is 0 Å². The van der Waals surface area contributed by atoms with E-state index in [1.807, 2.05) is 36.4 Å². The molecule has 0 spiro atoms. The highest BCUT2D eigenvalue weighted by molar-refractivity contribution is 6.15. The van der Waals surface area contributed by atoms with Crippen LogP contribution >= 0.6 is 0 Å². The molecule has 0 amide bonds. The number of hydrogen-bond acceptors (Lipinski definition) is 4. The lowest BCUT2D eigenvalue weighted by atomic mass is 9.98. The first-order valence-corrected chi connectivity index (χ1v) is 16.5. The summed E-state index contributed by atoms with van der Waals surface area (Å²) in [4.78, 5) is 7.16. The molecule has 0 atom stereocenters. The fourth-order valence-electron chi connectivity index (χ4n) is 7.13. The summed E-state index contributed by atoms with van der Waals surface area (Å²) in [6.45, 7) is 0. The van der Waals surface area contributed by atoms with Crippen LogP contribution in [0.4, 0.5) is 17.1 Å². The number of nitrogens with zero attached hydrogens (tertiary/aromatic N) is 2. The van der Waals surface area contributed by atoms with Gasteiger partial charge in [0.05, 0.1) is 5.69 Å². The molecule has 0 saturated heterocycles. The van der Waals surface area contributed by atoms with E-state index >= 15 is 0 Å². The lowest BCUT2D eigenvalue weighted by molar-refractivity contribution is 0.620. The fraction of sp³-hybridized carbons (Fsp3) is 0. The monoisotopic (exact) mass is 628 g/mol. The average Bonchev–Trinajstić information content (AvgIpc) is 3.75. The highest BCUT2D eigenvalue weighted by Crippen LogP contribution is 2.44. The van der Waals surface area contributed by atoms with Crippen LogP contribution in [0.15, 0.2) is 179 Å². The first kappa shape index (κ1) is 27.5. The van der Waals surface area contributed by atoms with Crippen molar-refractivity contribution in [2.75, 3.05) is 4.90 Å². The minimum atomic E-state index is 0.598. The van der Waals surface area contributed by atoms with Crippen molar-refractivity contribution in [1.29, 1.82) is 0 Å². The van der Waals surface area contributed by atoms with Gasteiger partial charge in [-0.2, -0.15) is 0 Å². The lowest BCUT2D eigenvalue weighted by Gasteiger charge is -2.28. The van der Waals surface area contributed by atoms with E-state index in [1.165, 1.54) is 27.1 Å². The first-order chi connectivity index (χ1) is 24.3. The average molecular weight is 629 g/mol. The van der Waals surface area contributed by atoms with Gasteiger partial charge in [-0.3, -0.25) is 0 Å². The lowest BCUT2D eigenvalue weighted by Crippen LogP contribution is -2.10. The summed E-state index contributed by atoms with van der Waals surface area (Å²) >= 11 is 0. The van der Waals surface area contributed by atoms with Crippen LogP contribution in [0.25, 0.3) is 77.2 Å². The standard InChI is InChI=1S/C45H28N2O2/c1-3-12-29(13-4-1)31-17-11-18-33(24-31)47(41-25-32-16-7-8-19-35(32)36-20-9-10-21-37(36)41)34-22-23-42-38(26-34)39-27-44-40(28-43(39)48-42)46-45(49-44)30-14-5-2-6-15-30/h1-28H. The van der Waals surface area contributed by atoms with E-state index in [-0.39, 0.29) is 0 Å². The molecule has 2 aromatic heterocycles. The van der Waals surface area contributed by atoms with E-state index in [0.29, 0.717) is 5.89 Å². The quantitative estimate of drug-likeness (QED) is 0.178. The molecule has 0 aliphatic carbocycles. The number of hydrogen-bond donors (Lipinski definition) is 0. The van der Waals surface area contributed by atoms with Gasteiger partial charge in [-0.15, -0.1) is 0 Å². The van der Waals surface area contributed by atoms with Crippen LogP contribution in [0.1, 0.15) is 0 Å². The number of aromatic nitrogens is 1. The molecular weight excluding hydrogens is 601 g/mol. The zero-order valence-electron chi connectivity index (χ0n) is 26.4. The number of oxazole rings is 1. The van der Waals surface area contributed by atoms with Crippen molar-refractivity contribution >= 4 is 71.6 Å². The Morgan fingerprint density at radius 3 is 1.90 bits per heavy atom. The Balaban J connectivity index is 1.21. The highest BCUT2D eigenvalue weighted by Gasteiger charge is 2.20. The predicted molar refractivity (Wildman–Crippen MR) is 202 cm³/mol. The van der Waals surface area contributed by atoms with Gasteiger partial charge in [0.15, 0.2) is 5.58 Å². The Kier molecular flexibility index (Phi) is 6.15. The third kappa shape index (κ3) is 4.57. The van der Waals surface area contributed by atoms with E-state index in [9.17, 15) is 0 Å². The molecule has 8 aromatic carbocycles. The second-order valence-corrected chi connectivity index (χ2v) is 12.4. The van der Waals surface area contributed by atoms with Crippen molar-refractivity contribution in [2.45, 2.75) is 0 Å². The van der Waals surface area contributed by atoms with Crippen molar-refractivity contribution in [2.24, 2.45) is 0 Å². The van der Waals surface area contributed by atoms with Crippen molar-refractivity contribution in [3.8, 4) is 22.6 Å². The summed E-state index contributed by atoms with van der Waals surface area (Å²) in [6.07, 6.45) is 0. The minimum absolute atomic E-state index is 0.598. The van der Waals surface area contributed by atoms with E-state index in [2.05, 4.69) is 138 Å². The molecule has 0 radical (unpaired) electrons. The maximum Gasteiger partial charge on any atom is 0.227 e. The van der Waals surface area contributed by atoms with Crippen molar-refractivity contribution < 1.29 is 8.83 Å². The number of anilines is 3. The molecule has 0 unspecified atom stereocenters. The van der Waals surface area contributed by atoms with Crippen LogP contribution in [0.2, 0.25) is 0 Å². The van der Waals surface area contributed by atoms with Gasteiger partial charge in [-0.25, -0.2) is 4.98 Å². The van der Waals surface area contributed by atoms with Crippen LogP contribution in [-0.2, 0) is 0 Å². The third-order valence-corrected chi connectivity index (χ3v) is 9.44. The molecule has 0 bridgehead atoms. The second kappa shape index (κ2) is 11.0. The van der Waals surface area contributed by atoms with Crippen LogP contribution in [0.5, 0.6) is 0 Å². The molecular formula is C45H28N2O2. The van der Waals surface area contributed by atoms with E-state index in [0.717, 1.165) is 61.2 Å². The molecule has 10 aromatic rings. The number of rotatable bonds is 5. The summed E-state index contributed by atoms with van der Waals surface area (Å²) in [5.41, 5.74) is 9.58. The van der Waals surface area contributed by atoms with Gasteiger partial charge >= 0.3 is 0 Å². The van der Waals surface area contributed by atoms with Gasteiger partial charge in [0.1, 0.15) is 16.7 Å². The van der Waals surface area contributed by atoms with Gasteiger partial charge in [-0.05, 0) is 81.9 Å². The van der Waals surface area contributed by atoms with Gasteiger partial charge in [-0.1, -0.05) is 109 Å². The Morgan fingerprint density at radius 1 is 0.388 bits per heavy atom. The number of fused-ring (bicyclic) bond motifs is 7. The zero-order valence-corrected chi connectivity index (χ0v) is 26.4. The van der Waals surface area contributed by atoms with E-state index in [1.54, 1.807) is 0 Å². The molecule has 4 heteroatoms. The van der Waals surface area contributed by atoms with Crippen molar-refractivity contribution in [3.05, 3.63) is 170 Å². The Morgan fingerprint density at radius 2 is 1.06 bits per heavy atom. The first-order valence-electron chi connectivity index (χ1n) is 16.5. The highest BCUT2D eigenvalue weighted by atomic mass is 16.4. The van der Waals surface area contributed by atoms with Crippen LogP contribution < -0.4 is 4.90 Å². The Hall–Kier alpha value is -6.65. The zero-order chi connectivity index (χ0) is 32.3. The predicted octanol–water partition coefficient (Wildman–Crippen LogP) is 12.8. The molecule has 0 N–H and O–H groups in total. The van der Waals surface area contributed by atoms with Gasteiger partial charge in [0, 0.05) is 39.2 Å².